The van der Waals surface area contributed by atoms with E-state index in [2.05, 4.69) is 45.9 Å². The predicted molar refractivity (Wildman–Crippen MR) is 116 cm³/mol. The van der Waals surface area contributed by atoms with E-state index in [1.54, 1.807) is 12.1 Å². The molecule has 0 radical (unpaired) electrons. The molecule has 0 unspecified atom stereocenters. The molecule has 148 valence electrons. The van der Waals surface area contributed by atoms with E-state index in [1.165, 1.54) is 5.56 Å². The summed E-state index contributed by atoms with van der Waals surface area (Å²) in [5.41, 5.74) is 7.52. The molecule has 0 fully saturated rings. The van der Waals surface area contributed by atoms with E-state index in [9.17, 15) is 9.59 Å². The van der Waals surface area contributed by atoms with Gasteiger partial charge in [-0.25, -0.2) is 0 Å². The summed E-state index contributed by atoms with van der Waals surface area (Å²) in [4.78, 5) is 24.0. The Morgan fingerprint density at radius 1 is 1.11 bits per heavy atom. The van der Waals surface area contributed by atoms with Gasteiger partial charge >= 0.3 is 0 Å². The Morgan fingerprint density at radius 3 is 2.39 bits per heavy atom. The van der Waals surface area contributed by atoms with Crippen LogP contribution in [0.4, 0.5) is 0 Å². The number of hydrogen-bond acceptors (Lipinski definition) is 4. The van der Waals surface area contributed by atoms with Crippen molar-refractivity contribution < 1.29 is 14.3 Å². The average molecular weight is 464 g/mol. The van der Waals surface area contributed by atoms with Gasteiger partial charge in [-0.2, -0.15) is 0 Å². The molecule has 6 nitrogen and oxygen atoms in total. The normalized spacial score (nSPS) is 10.3. The first kappa shape index (κ1) is 21.8. The van der Waals surface area contributed by atoms with Crippen LogP contribution in [-0.2, 0) is 4.79 Å². The molecule has 8 heteroatoms. The van der Waals surface area contributed by atoms with Crippen molar-refractivity contribution in [1.82, 2.24) is 16.2 Å². The van der Waals surface area contributed by atoms with Crippen LogP contribution in [-0.4, -0.2) is 23.5 Å². The van der Waals surface area contributed by atoms with Crippen molar-refractivity contribution in [2.75, 3.05) is 6.61 Å². The van der Waals surface area contributed by atoms with E-state index in [0.29, 0.717) is 17.2 Å². The average Bonchev–Trinajstić information content (AvgIpc) is 2.67. The maximum absolute atomic E-state index is 12.2. The Morgan fingerprint density at radius 2 is 1.79 bits per heavy atom. The molecule has 3 N–H and O–H groups in total. The number of ether oxygens (including phenoxy) is 1. The smallest absolute Gasteiger partial charge is 0.276 e. The Bertz CT molecular complexity index is 869. The number of nitrogens with one attached hydrogen (secondary N) is 3. The lowest BCUT2D eigenvalue weighted by Gasteiger charge is -2.12. The van der Waals surface area contributed by atoms with Crippen molar-refractivity contribution in [2.45, 2.75) is 26.7 Å². The van der Waals surface area contributed by atoms with E-state index in [0.717, 1.165) is 10.0 Å². The molecule has 0 atom stereocenters. The fourth-order valence-electron chi connectivity index (χ4n) is 2.20. The van der Waals surface area contributed by atoms with Crippen LogP contribution in [0.1, 0.15) is 41.3 Å². The van der Waals surface area contributed by atoms with Crippen LogP contribution in [0, 0.1) is 6.92 Å². The number of thiocarbonyl (C=S) groups is 1. The summed E-state index contributed by atoms with van der Waals surface area (Å²) in [6, 6.07) is 12.8. The molecule has 28 heavy (non-hydrogen) atoms. The Balaban J connectivity index is 1.74. The van der Waals surface area contributed by atoms with Crippen LogP contribution in [0.5, 0.6) is 5.75 Å². The molecule has 0 heterocycles. The zero-order valence-electron chi connectivity index (χ0n) is 15.8. The van der Waals surface area contributed by atoms with E-state index in [-0.39, 0.29) is 17.6 Å². The standard InChI is InChI=1S/C20H22BrN3O3S/c1-12(2)14-6-8-16(9-7-14)27-11-18(25)23-24-20(28)22-19(26)15-5-4-13(3)17(21)10-15/h4-10,12H,11H2,1-3H3,(H,23,25)(H2,22,24,26,28). The second-order valence-corrected chi connectivity index (χ2v) is 7.70. The molecule has 0 saturated heterocycles. The molecule has 0 aromatic heterocycles. The first-order chi connectivity index (χ1) is 13.3. The van der Waals surface area contributed by atoms with Gasteiger partial charge in [0.1, 0.15) is 5.75 Å². The maximum atomic E-state index is 12.2. The van der Waals surface area contributed by atoms with E-state index in [4.69, 9.17) is 17.0 Å². The van der Waals surface area contributed by atoms with Crippen LogP contribution in [0.3, 0.4) is 0 Å². The molecule has 0 bridgehead atoms. The van der Waals surface area contributed by atoms with Crippen molar-refractivity contribution in [2.24, 2.45) is 0 Å². The molecule has 0 aliphatic heterocycles. The summed E-state index contributed by atoms with van der Waals surface area (Å²) in [7, 11) is 0. The lowest BCUT2D eigenvalue weighted by Crippen LogP contribution is -2.49. The molecule has 0 spiro atoms. The highest BCUT2D eigenvalue weighted by atomic mass is 79.9. The zero-order chi connectivity index (χ0) is 20.7. The van der Waals surface area contributed by atoms with Gasteiger partial charge in [0.25, 0.3) is 11.8 Å². The van der Waals surface area contributed by atoms with E-state index >= 15 is 0 Å². The van der Waals surface area contributed by atoms with Gasteiger partial charge < -0.3 is 4.74 Å². The SMILES string of the molecule is Cc1ccc(C(=O)NC(=S)NNC(=O)COc2ccc(C(C)C)cc2)cc1Br. The zero-order valence-corrected chi connectivity index (χ0v) is 18.2. The highest BCUT2D eigenvalue weighted by Crippen LogP contribution is 2.18. The molecule has 2 rings (SSSR count). The van der Waals surface area contributed by atoms with Crippen molar-refractivity contribution in [3.8, 4) is 5.75 Å². The van der Waals surface area contributed by atoms with Gasteiger partial charge in [-0.3, -0.25) is 25.8 Å². The largest absolute Gasteiger partial charge is 0.484 e. The molecule has 0 aliphatic rings. The van der Waals surface area contributed by atoms with Crippen molar-refractivity contribution in [3.63, 3.8) is 0 Å². The number of hydrazine groups is 1. The second-order valence-electron chi connectivity index (χ2n) is 6.43. The summed E-state index contributed by atoms with van der Waals surface area (Å²) in [5, 5.41) is 2.48. The summed E-state index contributed by atoms with van der Waals surface area (Å²) >= 11 is 8.39. The van der Waals surface area contributed by atoms with Gasteiger partial charge in [-0.1, -0.05) is 48.0 Å². The summed E-state index contributed by atoms with van der Waals surface area (Å²) in [5.74, 6) is 0.218. The van der Waals surface area contributed by atoms with Gasteiger partial charge in [0.05, 0.1) is 0 Å². The van der Waals surface area contributed by atoms with E-state index in [1.807, 2.05) is 37.3 Å². The molecule has 2 aromatic carbocycles. The van der Waals surface area contributed by atoms with Crippen LogP contribution >= 0.6 is 28.1 Å². The second kappa shape index (κ2) is 10.2. The van der Waals surface area contributed by atoms with Crippen LogP contribution < -0.4 is 20.9 Å². The summed E-state index contributed by atoms with van der Waals surface area (Å²) < 4.78 is 6.25. The Kier molecular flexibility index (Phi) is 7.95. The minimum Gasteiger partial charge on any atom is -0.484 e. The number of carbonyl (C=O) groups is 2. The number of rotatable bonds is 5. The van der Waals surface area contributed by atoms with E-state index < -0.39 is 5.91 Å². The molecular formula is C20H22BrN3O3S. The van der Waals surface area contributed by atoms with Crippen molar-refractivity contribution in [3.05, 3.63) is 63.6 Å². The highest BCUT2D eigenvalue weighted by Gasteiger charge is 2.10. The molecule has 2 amide bonds. The number of carbonyl (C=O) groups excluding carboxylic acids is 2. The Hall–Kier alpha value is -2.45. The minimum atomic E-state index is -0.428. The number of halogens is 1. The van der Waals surface area contributed by atoms with Gasteiger partial charge in [0, 0.05) is 10.0 Å². The van der Waals surface area contributed by atoms with Gasteiger partial charge in [0.15, 0.2) is 11.7 Å². The molecule has 0 aliphatic carbocycles. The fourth-order valence-corrected chi connectivity index (χ4v) is 2.72. The van der Waals surface area contributed by atoms with Crippen molar-refractivity contribution in [1.29, 1.82) is 0 Å². The van der Waals surface area contributed by atoms with Crippen LogP contribution in [0.2, 0.25) is 0 Å². The van der Waals surface area contributed by atoms with Crippen molar-refractivity contribution >= 4 is 45.1 Å². The maximum Gasteiger partial charge on any atom is 0.276 e. The number of amides is 2. The quantitative estimate of drug-likeness (QED) is 0.466. The molecule has 0 saturated carbocycles. The third-order valence-electron chi connectivity index (χ3n) is 3.89. The lowest BCUT2D eigenvalue weighted by molar-refractivity contribution is -0.123. The number of benzene rings is 2. The topological polar surface area (TPSA) is 79.5 Å². The lowest BCUT2D eigenvalue weighted by atomic mass is 10.0. The monoisotopic (exact) mass is 463 g/mol. The first-order valence-electron chi connectivity index (χ1n) is 8.65. The fraction of sp³-hybridized carbons (Fsp3) is 0.250. The van der Waals surface area contributed by atoms with Gasteiger partial charge in [0.2, 0.25) is 0 Å². The summed E-state index contributed by atoms with van der Waals surface area (Å²) in [6.07, 6.45) is 0. The highest BCUT2D eigenvalue weighted by molar-refractivity contribution is 9.10. The molecule has 2 aromatic rings. The van der Waals surface area contributed by atoms with Crippen LogP contribution in [0.15, 0.2) is 46.9 Å². The number of hydrogen-bond donors (Lipinski definition) is 3. The molecular weight excluding hydrogens is 442 g/mol. The van der Waals surface area contributed by atoms with Gasteiger partial charge in [-0.15, -0.1) is 0 Å². The van der Waals surface area contributed by atoms with Crippen LogP contribution in [0.25, 0.3) is 0 Å². The third-order valence-corrected chi connectivity index (χ3v) is 4.95. The number of aryl methyl sites for hydroxylation is 1. The van der Waals surface area contributed by atoms with Gasteiger partial charge in [-0.05, 0) is 60.5 Å². The Labute approximate surface area is 178 Å². The predicted octanol–water partition coefficient (Wildman–Crippen LogP) is 3.60. The first-order valence-corrected chi connectivity index (χ1v) is 9.85. The third kappa shape index (κ3) is 6.61. The summed E-state index contributed by atoms with van der Waals surface area (Å²) in [6.45, 7) is 5.95. The minimum absolute atomic E-state index is 0.0173.